The fraction of sp³-hybridized carbons (Fsp3) is 1.00. The average Bonchev–Trinajstić information content (AvgIpc) is 2.53. The number of nitrogens with zero attached hydrogens (tertiary/aromatic N) is 3. The van der Waals surface area contributed by atoms with Gasteiger partial charge in [-0.3, -0.25) is 0 Å². The highest BCUT2D eigenvalue weighted by atomic mass is 32.3. The summed E-state index contributed by atoms with van der Waals surface area (Å²) in [5, 5.41) is 0. The average molecular weight is 348 g/mol. The van der Waals surface area contributed by atoms with Crippen LogP contribution in [0.3, 0.4) is 0 Å². The molecule has 0 aromatic rings. The van der Waals surface area contributed by atoms with Gasteiger partial charge < -0.3 is 0 Å². The molecule has 0 fully saturated rings. The lowest BCUT2D eigenvalue weighted by molar-refractivity contribution is 0.322. The van der Waals surface area contributed by atoms with Crippen LogP contribution in [-0.4, -0.2) is 58.4 Å². The third-order valence-electron chi connectivity index (χ3n) is 4.31. The Hall–Kier alpha value is 0.230. The maximum absolute atomic E-state index is 2.84. The lowest BCUT2D eigenvalue weighted by atomic mass is 10.4. The van der Waals surface area contributed by atoms with Crippen LogP contribution in [0.5, 0.6) is 0 Å². The van der Waals surface area contributed by atoms with Gasteiger partial charge in [0.25, 0.3) is 0 Å². The van der Waals surface area contributed by atoms with Gasteiger partial charge in [-0.15, -0.1) is 0 Å². The number of hydrogen-bond acceptors (Lipinski definition) is 3. The van der Waals surface area contributed by atoms with Crippen molar-refractivity contribution in [3.05, 3.63) is 0 Å². The van der Waals surface area contributed by atoms with Crippen LogP contribution in [0.1, 0.15) is 80.1 Å². The summed E-state index contributed by atoms with van der Waals surface area (Å²) in [6, 6.07) is 0. The van der Waals surface area contributed by atoms with Crippen LogP contribution in [0.15, 0.2) is 0 Å². The predicted octanol–water partition coefficient (Wildman–Crippen LogP) is 5.53. The van der Waals surface area contributed by atoms with Crippen LogP contribution in [0.25, 0.3) is 0 Å². The van der Waals surface area contributed by atoms with E-state index < -0.39 is 10.6 Å². The summed E-state index contributed by atoms with van der Waals surface area (Å²) < 4.78 is 8.51. The van der Waals surface area contributed by atoms with E-state index >= 15 is 0 Å². The monoisotopic (exact) mass is 347 g/mol. The third kappa shape index (κ3) is 6.93. The summed E-state index contributed by atoms with van der Waals surface area (Å²) in [6.07, 6.45) is 10.1. The van der Waals surface area contributed by atoms with Crippen LogP contribution in [0, 0.1) is 0 Å². The summed E-state index contributed by atoms with van der Waals surface area (Å²) in [6.45, 7) is 21.4. The van der Waals surface area contributed by atoms with Gasteiger partial charge in [-0.25, -0.2) is 12.9 Å². The van der Waals surface area contributed by atoms with E-state index in [9.17, 15) is 0 Å². The summed E-state index contributed by atoms with van der Waals surface area (Å²) in [7, 11) is -1.03. The molecule has 0 unspecified atom stereocenters. The molecular weight excluding hydrogens is 302 g/mol. The summed E-state index contributed by atoms with van der Waals surface area (Å²) in [4.78, 5) is 0. The summed E-state index contributed by atoms with van der Waals surface area (Å²) >= 11 is 0. The topological polar surface area (TPSA) is 9.72 Å². The molecule has 0 saturated carbocycles. The Morgan fingerprint density at radius 3 is 0.739 bits per heavy atom. The van der Waals surface area contributed by atoms with Gasteiger partial charge in [0.05, 0.1) is 0 Å². The lowest BCUT2D eigenvalue weighted by Gasteiger charge is -2.59. The van der Waals surface area contributed by atoms with Crippen molar-refractivity contribution >= 4 is 10.6 Å². The highest BCUT2D eigenvalue weighted by Gasteiger charge is 2.36. The normalized spacial score (nSPS) is 13.5. The molecule has 0 saturated heterocycles. The molecule has 0 heterocycles. The molecule has 0 aromatic carbocycles. The third-order valence-corrected chi connectivity index (χ3v) is 8.34. The zero-order chi connectivity index (χ0) is 17.7. The van der Waals surface area contributed by atoms with Gasteiger partial charge >= 0.3 is 0 Å². The van der Waals surface area contributed by atoms with Gasteiger partial charge in [0, 0.05) is 45.5 Å². The molecule has 142 valence electrons. The highest BCUT2D eigenvalue weighted by Crippen LogP contribution is 2.55. The first-order chi connectivity index (χ1) is 11.1. The van der Waals surface area contributed by atoms with Crippen molar-refractivity contribution in [2.45, 2.75) is 80.1 Å². The number of hydrogen-bond donors (Lipinski definition) is 0. The fourth-order valence-corrected chi connectivity index (χ4v) is 7.51. The first-order valence-corrected chi connectivity index (χ1v) is 12.0. The molecule has 3 nitrogen and oxygen atoms in total. The molecule has 0 amide bonds. The first kappa shape index (κ1) is 23.2. The van der Waals surface area contributed by atoms with E-state index in [0.717, 1.165) is 0 Å². The summed E-state index contributed by atoms with van der Waals surface area (Å²) in [5.41, 5.74) is 0. The Kier molecular flexibility index (Phi) is 13.6. The second-order valence-corrected chi connectivity index (χ2v) is 9.71. The molecule has 0 radical (unpaired) electrons. The van der Waals surface area contributed by atoms with E-state index in [-0.39, 0.29) is 0 Å². The van der Waals surface area contributed by atoms with Crippen LogP contribution in [0.4, 0.5) is 0 Å². The molecule has 0 spiro atoms. The van der Waals surface area contributed by atoms with E-state index in [1.165, 1.54) is 77.8 Å². The molecule has 0 rings (SSSR count). The molecule has 0 N–H and O–H groups in total. The van der Waals surface area contributed by atoms with E-state index in [4.69, 9.17) is 0 Å². The van der Waals surface area contributed by atoms with E-state index in [0.29, 0.717) is 0 Å². The van der Waals surface area contributed by atoms with Gasteiger partial charge in [0.15, 0.2) is 0 Å². The van der Waals surface area contributed by atoms with E-state index in [2.05, 4.69) is 60.7 Å². The minimum Gasteiger partial charge on any atom is -0.245 e. The predicted molar refractivity (Wildman–Crippen MR) is 110 cm³/mol. The molecule has 0 bridgehead atoms. The lowest BCUT2D eigenvalue weighted by Crippen LogP contribution is -2.50. The molecule has 0 aliphatic rings. The molecule has 4 heteroatoms. The molecule has 0 atom stereocenters. The van der Waals surface area contributed by atoms with Crippen molar-refractivity contribution in [1.29, 1.82) is 0 Å². The van der Waals surface area contributed by atoms with Crippen molar-refractivity contribution in [3.8, 4) is 0 Å². The second kappa shape index (κ2) is 13.5. The van der Waals surface area contributed by atoms with E-state index in [1.54, 1.807) is 0 Å². The largest absolute Gasteiger partial charge is 0.245 e. The Labute approximate surface area is 149 Å². The smallest absolute Gasteiger partial charge is 0.00939 e. The highest BCUT2D eigenvalue weighted by molar-refractivity contribution is 8.27. The Morgan fingerprint density at radius 2 is 0.609 bits per heavy atom. The van der Waals surface area contributed by atoms with Crippen molar-refractivity contribution in [2.75, 3.05) is 45.5 Å². The fourth-order valence-electron chi connectivity index (χ4n) is 3.36. The van der Waals surface area contributed by atoms with Gasteiger partial charge in [0.2, 0.25) is 0 Å². The molecule has 23 heavy (non-hydrogen) atoms. The van der Waals surface area contributed by atoms with Gasteiger partial charge in [0.1, 0.15) is 0 Å². The van der Waals surface area contributed by atoms with Crippen molar-refractivity contribution in [2.24, 2.45) is 0 Å². The minimum absolute atomic E-state index is 1.03. The van der Waals surface area contributed by atoms with Gasteiger partial charge in [-0.1, -0.05) is 52.1 Å². The van der Waals surface area contributed by atoms with E-state index in [1.807, 2.05) is 0 Å². The van der Waals surface area contributed by atoms with Crippen LogP contribution >= 0.6 is 10.6 Å². The van der Waals surface area contributed by atoms with Gasteiger partial charge in [-0.05, 0) is 38.5 Å². The Balaban J connectivity index is 5.73. The number of rotatable bonds is 15. The zero-order valence-electron chi connectivity index (χ0n) is 17.2. The quantitative estimate of drug-likeness (QED) is 0.385. The second-order valence-electron chi connectivity index (χ2n) is 6.58. The molecule has 0 aliphatic heterocycles. The molecular formula is C19H45N3S. The van der Waals surface area contributed by atoms with Crippen LogP contribution < -0.4 is 0 Å². The maximum atomic E-state index is 2.84. The standard InChI is InChI=1S/C19H45N3S/c1-8-14-20(15-9-2)23(7,21(16-10-3)17-11-4)22(18-12-5)19-13-6/h8-19H2,1-7H3. The van der Waals surface area contributed by atoms with Crippen LogP contribution in [0.2, 0.25) is 0 Å². The van der Waals surface area contributed by atoms with Crippen molar-refractivity contribution in [1.82, 2.24) is 12.9 Å². The maximum Gasteiger partial charge on any atom is 0.00939 e. The SMILES string of the molecule is CCCN(CCC)S(C)(N(CCC)CCC)N(CCC)CCC. The zero-order valence-corrected chi connectivity index (χ0v) is 18.1. The molecule has 0 aliphatic carbocycles. The Morgan fingerprint density at radius 1 is 0.435 bits per heavy atom. The minimum atomic E-state index is -1.03. The van der Waals surface area contributed by atoms with Gasteiger partial charge in [-0.2, -0.15) is 0 Å². The van der Waals surface area contributed by atoms with Crippen molar-refractivity contribution in [3.63, 3.8) is 0 Å². The van der Waals surface area contributed by atoms with Crippen molar-refractivity contribution < 1.29 is 0 Å². The first-order valence-electron chi connectivity index (χ1n) is 10.1. The van der Waals surface area contributed by atoms with Crippen LogP contribution in [-0.2, 0) is 0 Å². The molecule has 0 aromatic heterocycles. The summed E-state index contributed by atoms with van der Waals surface area (Å²) in [5.74, 6) is 0. The Bertz CT molecular complexity index is 215.